The van der Waals surface area contributed by atoms with Crippen LogP contribution in [0.1, 0.15) is 22.3 Å². The van der Waals surface area contributed by atoms with Gasteiger partial charge in [-0.15, -0.1) is 11.3 Å². The maximum absolute atomic E-state index is 5.55. The monoisotopic (exact) mass is 854 g/mol. The summed E-state index contributed by atoms with van der Waals surface area (Å²) in [6.45, 7) is 0. The van der Waals surface area contributed by atoms with Gasteiger partial charge in [0.15, 0.2) is 5.82 Å². The number of thiophene rings is 1. The van der Waals surface area contributed by atoms with Gasteiger partial charge in [0.05, 0.1) is 16.8 Å². The Labute approximate surface area is 386 Å². The zero-order valence-electron chi connectivity index (χ0n) is 35.7. The first-order valence-electron chi connectivity index (χ1n) is 22.6. The highest BCUT2D eigenvalue weighted by molar-refractivity contribution is 7.25. The Hall–Kier alpha value is -8.24. The van der Waals surface area contributed by atoms with Crippen molar-refractivity contribution in [2.24, 2.45) is 0 Å². The predicted molar refractivity (Wildman–Crippen MR) is 276 cm³/mol. The van der Waals surface area contributed by atoms with Gasteiger partial charge in [-0.05, 0) is 126 Å². The summed E-state index contributed by atoms with van der Waals surface area (Å²) in [6.07, 6.45) is 0. The molecule has 66 heavy (non-hydrogen) atoms. The van der Waals surface area contributed by atoms with E-state index in [4.69, 9.17) is 9.97 Å². The van der Waals surface area contributed by atoms with E-state index in [9.17, 15) is 0 Å². The van der Waals surface area contributed by atoms with Crippen molar-refractivity contribution in [1.82, 2.24) is 9.97 Å². The van der Waals surface area contributed by atoms with Crippen LogP contribution < -0.4 is 0 Å². The van der Waals surface area contributed by atoms with Gasteiger partial charge in [-0.25, -0.2) is 9.97 Å². The summed E-state index contributed by atoms with van der Waals surface area (Å²) in [5.74, 6) is 0.696. The summed E-state index contributed by atoms with van der Waals surface area (Å²) in [5, 5.41) is 5.01. The van der Waals surface area contributed by atoms with E-state index in [-0.39, 0.29) is 0 Å². The lowest BCUT2D eigenvalue weighted by Crippen LogP contribution is -2.26. The standard InChI is InChI=1S/C63H38N2S/c1-2-16-40(17-3-1)62-64-57(38-58(65-62)52-24-14-23-51-49-21-8-12-27-56(49)63(61(51)52)54-25-10-6-19-47(54)48-20-7-11-26-55(48)63)46-35-44(42-30-29-39-15-4-5-18-41(39)33-42)34-45(36-46)43-31-32-60-53(37-43)50-22-9-13-28-59(50)66-60/h1-38H. The van der Waals surface area contributed by atoms with Crippen molar-refractivity contribution in [2.45, 2.75) is 5.41 Å². The maximum atomic E-state index is 5.55. The minimum atomic E-state index is -0.526. The van der Waals surface area contributed by atoms with Gasteiger partial charge in [0, 0.05) is 36.9 Å². The fraction of sp³-hybridized carbons (Fsp3) is 0.0159. The third kappa shape index (κ3) is 5.47. The minimum absolute atomic E-state index is 0.526. The Balaban J connectivity index is 1.04. The van der Waals surface area contributed by atoms with Crippen molar-refractivity contribution in [1.29, 1.82) is 0 Å². The molecule has 0 atom stereocenters. The molecule has 2 nitrogen and oxygen atoms in total. The maximum Gasteiger partial charge on any atom is 0.160 e. The quantitative estimate of drug-likeness (QED) is 0.172. The van der Waals surface area contributed by atoms with E-state index in [1.165, 1.54) is 81.0 Å². The second-order valence-electron chi connectivity index (χ2n) is 17.6. The molecule has 0 saturated carbocycles. The van der Waals surface area contributed by atoms with E-state index in [1.54, 1.807) is 0 Å². The van der Waals surface area contributed by atoms with Crippen LogP contribution in [-0.2, 0) is 5.41 Å². The summed E-state index contributed by atoms with van der Waals surface area (Å²) in [7, 11) is 0. The fourth-order valence-electron chi connectivity index (χ4n) is 11.2. The number of fused-ring (bicyclic) bond motifs is 14. The molecule has 0 aliphatic heterocycles. The van der Waals surface area contributed by atoms with Crippen LogP contribution in [-0.4, -0.2) is 9.97 Å². The molecule has 12 aromatic rings. The predicted octanol–water partition coefficient (Wildman–Crippen LogP) is 16.7. The minimum Gasteiger partial charge on any atom is -0.228 e. The van der Waals surface area contributed by atoms with Crippen LogP contribution in [0.3, 0.4) is 0 Å². The molecule has 0 fully saturated rings. The third-order valence-corrected chi connectivity index (χ3v) is 15.2. The van der Waals surface area contributed by atoms with Crippen molar-refractivity contribution in [3.05, 3.63) is 253 Å². The number of aromatic nitrogens is 2. The Morgan fingerprint density at radius 1 is 0.303 bits per heavy atom. The summed E-state index contributed by atoms with van der Waals surface area (Å²) in [6, 6.07) is 84.6. The van der Waals surface area contributed by atoms with Crippen molar-refractivity contribution in [3.8, 4) is 78.4 Å². The zero-order valence-corrected chi connectivity index (χ0v) is 36.6. The zero-order chi connectivity index (χ0) is 43.3. The molecule has 0 amide bonds. The van der Waals surface area contributed by atoms with Crippen LogP contribution in [0, 0.1) is 0 Å². The molecular formula is C63H38N2S. The molecule has 0 saturated heterocycles. The summed E-state index contributed by atoms with van der Waals surface area (Å²) in [4.78, 5) is 11.0. The molecule has 0 radical (unpaired) electrons. The fourth-order valence-corrected chi connectivity index (χ4v) is 12.3. The molecule has 306 valence electrons. The highest BCUT2D eigenvalue weighted by atomic mass is 32.1. The van der Waals surface area contributed by atoms with Gasteiger partial charge in [0.25, 0.3) is 0 Å². The molecule has 2 aromatic heterocycles. The van der Waals surface area contributed by atoms with Gasteiger partial charge in [0.2, 0.25) is 0 Å². The van der Waals surface area contributed by atoms with Crippen LogP contribution in [0.5, 0.6) is 0 Å². The Morgan fingerprint density at radius 2 is 0.848 bits per heavy atom. The summed E-state index contributed by atoms with van der Waals surface area (Å²) in [5.41, 5.74) is 19.3. The smallest absolute Gasteiger partial charge is 0.160 e. The Kier molecular flexibility index (Phi) is 8.10. The van der Waals surface area contributed by atoms with Crippen molar-refractivity contribution in [2.75, 3.05) is 0 Å². The summed E-state index contributed by atoms with van der Waals surface area (Å²) >= 11 is 1.85. The summed E-state index contributed by atoms with van der Waals surface area (Å²) < 4.78 is 2.60. The number of rotatable bonds is 5. The van der Waals surface area contributed by atoms with Crippen LogP contribution in [0.2, 0.25) is 0 Å². The lowest BCUT2D eigenvalue weighted by molar-refractivity contribution is 0.795. The normalized spacial score (nSPS) is 13.0. The van der Waals surface area contributed by atoms with Crippen LogP contribution in [0.25, 0.3) is 109 Å². The van der Waals surface area contributed by atoms with Gasteiger partial charge in [-0.1, -0.05) is 182 Å². The van der Waals surface area contributed by atoms with Crippen LogP contribution in [0.4, 0.5) is 0 Å². The van der Waals surface area contributed by atoms with Crippen molar-refractivity contribution >= 4 is 42.3 Å². The van der Waals surface area contributed by atoms with Gasteiger partial charge in [-0.3, -0.25) is 0 Å². The number of benzene rings is 10. The first-order valence-corrected chi connectivity index (χ1v) is 23.4. The van der Waals surface area contributed by atoms with Crippen molar-refractivity contribution in [3.63, 3.8) is 0 Å². The molecule has 10 aromatic carbocycles. The highest BCUT2D eigenvalue weighted by Crippen LogP contribution is 2.64. The second-order valence-corrected chi connectivity index (χ2v) is 18.7. The molecule has 2 aliphatic carbocycles. The Morgan fingerprint density at radius 3 is 1.61 bits per heavy atom. The molecule has 0 unspecified atom stereocenters. The lowest BCUT2D eigenvalue weighted by atomic mass is 9.69. The molecule has 3 heteroatoms. The molecule has 14 rings (SSSR count). The van der Waals surface area contributed by atoms with Crippen LogP contribution in [0.15, 0.2) is 231 Å². The van der Waals surface area contributed by atoms with Crippen LogP contribution >= 0.6 is 11.3 Å². The van der Waals surface area contributed by atoms with Gasteiger partial charge in [0.1, 0.15) is 0 Å². The Bertz CT molecular complexity index is 3890. The molecule has 0 bridgehead atoms. The van der Waals surface area contributed by atoms with Gasteiger partial charge >= 0.3 is 0 Å². The topological polar surface area (TPSA) is 25.8 Å². The lowest BCUT2D eigenvalue weighted by Gasteiger charge is -2.32. The molecule has 1 spiro atoms. The van der Waals surface area contributed by atoms with E-state index in [1.807, 2.05) is 11.3 Å². The average molecular weight is 855 g/mol. The van der Waals surface area contributed by atoms with E-state index in [0.717, 1.165) is 44.8 Å². The molecular weight excluding hydrogens is 817 g/mol. The molecule has 2 heterocycles. The number of nitrogens with zero attached hydrogens (tertiary/aromatic N) is 2. The first-order chi connectivity index (χ1) is 32.7. The highest BCUT2D eigenvalue weighted by Gasteiger charge is 2.52. The van der Waals surface area contributed by atoms with Crippen molar-refractivity contribution < 1.29 is 0 Å². The third-order valence-electron chi connectivity index (χ3n) is 14.1. The number of hydrogen-bond donors (Lipinski definition) is 0. The molecule has 0 N–H and O–H groups in total. The van der Waals surface area contributed by atoms with E-state index in [0.29, 0.717) is 5.82 Å². The second kappa shape index (κ2) is 14.4. The largest absolute Gasteiger partial charge is 0.228 e. The average Bonchev–Trinajstić information content (AvgIpc) is 4.02. The SMILES string of the molecule is c1ccc(-c2nc(-c3cc(-c4ccc5ccccc5c4)cc(-c4ccc5sc6ccccc6c5c4)c3)cc(-c3cccc4c3C3(c5ccccc5-c5ccccc53)c3ccccc3-4)n2)cc1. The first kappa shape index (κ1) is 37.2. The number of hydrogen-bond acceptors (Lipinski definition) is 3. The van der Waals surface area contributed by atoms with E-state index < -0.39 is 5.41 Å². The van der Waals surface area contributed by atoms with Gasteiger partial charge < -0.3 is 0 Å². The van der Waals surface area contributed by atoms with E-state index >= 15 is 0 Å². The van der Waals surface area contributed by atoms with Gasteiger partial charge in [-0.2, -0.15) is 0 Å². The molecule has 2 aliphatic rings. The van der Waals surface area contributed by atoms with E-state index in [2.05, 4.69) is 231 Å².